The summed E-state index contributed by atoms with van der Waals surface area (Å²) in [5, 5.41) is 3.68. The minimum atomic E-state index is -3.54. The van der Waals surface area contributed by atoms with Gasteiger partial charge >= 0.3 is 0 Å². The summed E-state index contributed by atoms with van der Waals surface area (Å²) in [5.74, 6) is 2.16. The van der Waals surface area contributed by atoms with Gasteiger partial charge in [-0.2, -0.15) is 4.31 Å². The summed E-state index contributed by atoms with van der Waals surface area (Å²) in [4.78, 5) is 0.366. The van der Waals surface area contributed by atoms with E-state index in [1.54, 1.807) is 31.7 Å². The lowest BCUT2D eigenvalue weighted by Gasteiger charge is -2.38. The van der Waals surface area contributed by atoms with E-state index in [1.165, 1.54) is 0 Å². The summed E-state index contributed by atoms with van der Waals surface area (Å²) in [6, 6.07) is 9.50. The van der Waals surface area contributed by atoms with Gasteiger partial charge in [0.05, 0.1) is 32.3 Å². The highest BCUT2D eigenvalue weighted by molar-refractivity contribution is 7.89. The molecule has 0 fully saturated rings. The Hall–Kier alpha value is -2.71. The van der Waals surface area contributed by atoms with Crippen molar-refractivity contribution in [1.82, 2.24) is 4.31 Å². The molecular formula is C27H36N2O5S. The number of anilines is 1. The van der Waals surface area contributed by atoms with Crippen molar-refractivity contribution in [2.24, 2.45) is 5.92 Å². The lowest BCUT2D eigenvalue weighted by molar-refractivity contribution is 0.322. The molecule has 1 N–H and O–H groups in total. The van der Waals surface area contributed by atoms with E-state index in [-0.39, 0.29) is 17.9 Å². The van der Waals surface area contributed by atoms with Crippen LogP contribution < -0.4 is 19.5 Å². The Bertz CT molecular complexity index is 1160. The number of sulfonamides is 1. The molecule has 0 spiro atoms. The Balaban J connectivity index is 1.74. The smallest absolute Gasteiger partial charge is 0.243 e. The van der Waals surface area contributed by atoms with Crippen LogP contribution in [-0.4, -0.2) is 47.1 Å². The number of ether oxygens (including phenoxy) is 3. The number of nitrogens with one attached hydrogen (secondary N) is 1. The van der Waals surface area contributed by atoms with Crippen LogP contribution >= 0.6 is 0 Å². The van der Waals surface area contributed by atoms with Crippen LogP contribution in [0.1, 0.15) is 56.2 Å². The fourth-order valence-corrected chi connectivity index (χ4v) is 7.00. The van der Waals surface area contributed by atoms with Gasteiger partial charge in [0, 0.05) is 24.7 Å². The molecule has 2 aromatic rings. The van der Waals surface area contributed by atoms with Gasteiger partial charge in [0.1, 0.15) is 0 Å². The SMILES string of the molecule is CCCN(CCC)S(=O)(=O)c1ccc2c(c1)C1C=CCC1C(c1cc(OC)c(OC)c(OC)c1)N2. The average Bonchev–Trinajstić information content (AvgIpc) is 3.37. The molecule has 4 rings (SSSR count). The molecule has 3 unspecified atom stereocenters. The number of hydrogen-bond donors (Lipinski definition) is 1. The number of nitrogens with zero attached hydrogens (tertiary/aromatic N) is 1. The molecule has 8 heteroatoms. The van der Waals surface area contributed by atoms with Gasteiger partial charge in [-0.3, -0.25) is 0 Å². The summed E-state index contributed by atoms with van der Waals surface area (Å²) in [7, 11) is 1.29. The molecule has 0 aromatic heterocycles. The van der Waals surface area contributed by atoms with Gasteiger partial charge in [0.2, 0.25) is 15.8 Å². The van der Waals surface area contributed by atoms with Gasteiger partial charge in [-0.05, 0) is 66.6 Å². The van der Waals surface area contributed by atoms with E-state index in [0.717, 1.165) is 36.1 Å². The molecule has 0 bridgehead atoms. The van der Waals surface area contributed by atoms with Crippen molar-refractivity contribution < 1.29 is 22.6 Å². The van der Waals surface area contributed by atoms with E-state index >= 15 is 0 Å². The molecule has 1 aliphatic heterocycles. The zero-order chi connectivity index (χ0) is 25.2. The molecule has 35 heavy (non-hydrogen) atoms. The van der Waals surface area contributed by atoms with E-state index in [0.29, 0.717) is 35.2 Å². The fraction of sp³-hybridized carbons (Fsp3) is 0.481. The van der Waals surface area contributed by atoms with Crippen LogP contribution in [0.25, 0.3) is 0 Å². The third-order valence-electron chi connectivity index (χ3n) is 6.96. The highest BCUT2D eigenvalue weighted by Gasteiger charge is 2.39. The van der Waals surface area contributed by atoms with E-state index in [9.17, 15) is 8.42 Å². The Morgan fingerprint density at radius 3 is 2.20 bits per heavy atom. The number of rotatable bonds is 10. The lowest BCUT2D eigenvalue weighted by atomic mass is 9.77. The maximum absolute atomic E-state index is 13.4. The maximum Gasteiger partial charge on any atom is 0.243 e. The molecular weight excluding hydrogens is 464 g/mol. The summed E-state index contributed by atoms with van der Waals surface area (Å²) in [6.07, 6.45) is 6.87. The van der Waals surface area contributed by atoms with Crippen molar-refractivity contribution >= 4 is 15.7 Å². The van der Waals surface area contributed by atoms with Crippen LogP contribution in [0.2, 0.25) is 0 Å². The molecule has 0 amide bonds. The van der Waals surface area contributed by atoms with Crippen molar-refractivity contribution in [2.45, 2.75) is 50.0 Å². The standard InChI is InChI=1S/C27H36N2O5S/c1-6-13-29(14-7-2)35(30,31)19-11-12-23-22(17-19)20-9-8-10-21(20)26(28-23)18-15-24(32-3)27(34-5)25(16-18)33-4/h8-9,11-12,15-17,20-21,26,28H,6-7,10,13-14H2,1-5H3. The molecule has 2 aliphatic rings. The Labute approximate surface area is 209 Å². The van der Waals surface area contributed by atoms with Crippen LogP contribution in [0, 0.1) is 5.92 Å². The molecule has 0 radical (unpaired) electrons. The number of allylic oxidation sites excluding steroid dienone is 2. The van der Waals surface area contributed by atoms with Crippen molar-refractivity contribution in [3.05, 3.63) is 53.6 Å². The van der Waals surface area contributed by atoms with Crippen LogP contribution in [0.3, 0.4) is 0 Å². The molecule has 1 aliphatic carbocycles. The zero-order valence-corrected chi connectivity index (χ0v) is 22.0. The highest BCUT2D eigenvalue weighted by Crippen LogP contribution is 2.52. The summed E-state index contributed by atoms with van der Waals surface area (Å²) in [6.45, 7) is 5.07. The third-order valence-corrected chi connectivity index (χ3v) is 8.86. The first-order chi connectivity index (χ1) is 16.9. The quantitative estimate of drug-likeness (QED) is 0.443. The first-order valence-electron chi connectivity index (χ1n) is 12.3. The predicted octanol–water partition coefficient (Wildman–Crippen LogP) is 5.35. The van der Waals surface area contributed by atoms with Gasteiger partial charge in [-0.15, -0.1) is 0 Å². The molecule has 3 atom stereocenters. The Morgan fingerprint density at radius 1 is 0.971 bits per heavy atom. The van der Waals surface area contributed by atoms with Crippen molar-refractivity contribution in [1.29, 1.82) is 0 Å². The maximum atomic E-state index is 13.4. The number of methoxy groups -OCH3 is 3. The first kappa shape index (κ1) is 25.4. The van der Waals surface area contributed by atoms with E-state index in [1.807, 2.05) is 38.1 Å². The van der Waals surface area contributed by atoms with Crippen molar-refractivity contribution in [2.75, 3.05) is 39.7 Å². The molecule has 190 valence electrons. The van der Waals surface area contributed by atoms with E-state index < -0.39 is 10.0 Å². The van der Waals surface area contributed by atoms with Crippen LogP contribution in [0.15, 0.2) is 47.4 Å². The number of fused-ring (bicyclic) bond motifs is 3. The predicted molar refractivity (Wildman–Crippen MR) is 138 cm³/mol. The number of benzene rings is 2. The Morgan fingerprint density at radius 2 is 1.63 bits per heavy atom. The van der Waals surface area contributed by atoms with Gasteiger partial charge in [-0.1, -0.05) is 26.0 Å². The summed E-state index contributed by atoms with van der Waals surface area (Å²) >= 11 is 0. The van der Waals surface area contributed by atoms with Gasteiger partial charge in [-0.25, -0.2) is 8.42 Å². The second-order valence-corrected chi connectivity index (χ2v) is 11.0. The minimum Gasteiger partial charge on any atom is -0.493 e. The van der Waals surface area contributed by atoms with E-state index in [2.05, 4.69) is 17.5 Å². The van der Waals surface area contributed by atoms with Crippen LogP contribution in [0.4, 0.5) is 5.69 Å². The van der Waals surface area contributed by atoms with Crippen molar-refractivity contribution in [3.63, 3.8) is 0 Å². The minimum absolute atomic E-state index is 0.00958. The van der Waals surface area contributed by atoms with Gasteiger partial charge < -0.3 is 19.5 Å². The van der Waals surface area contributed by atoms with Crippen LogP contribution in [0.5, 0.6) is 17.2 Å². The monoisotopic (exact) mass is 500 g/mol. The van der Waals surface area contributed by atoms with Gasteiger partial charge in [0.25, 0.3) is 0 Å². The van der Waals surface area contributed by atoms with E-state index in [4.69, 9.17) is 14.2 Å². The first-order valence-corrected chi connectivity index (χ1v) is 13.7. The summed E-state index contributed by atoms with van der Waals surface area (Å²) < 4.78 is 45.1. The fourth-order valence-electron chi connectivity index (χ4n) is 5.34. The topological polar surface area (TPSA) is 77.1 Å². The second-order valence-electron chi connectivity index (χ2n) is 9.09. The zero-order valence-electron chi connectivity index (χ0n) is 21.2. The highest BCUT2D eigenvalue weighted by atomic mass is 32.2. The second kappa shape index (κ2) is 10.5. The molecule has 0 saturated heterocycles. The molecule has 0 saturated carbocycles. The summed E-state index contributed by atoms with van der Waals surface area (Å²) in [5.41, 5.74) is 3.02. The largest absolute Gasteiger partial charge is 0.493 e. The number of hydrogen-bond acceptors (Lipinski definition) is 6. The average molecular weight is 501 g/mol. The third kappa shape index (κ3) is 4.61. The normalized spacial score (nSPS) is 20.8. The molecule has 1 heterocycles. The Kier molecular flexibility index (Phi) is 7.62. The van der Waals surface area contributed by atoms with Crippen molar-refractivity contribution in [3.8, 4) is 17.2 Å². The molecule has 2 aromatic carbocycles. The van der Waals surface area contributed by atoms with Crippen LogP contribution in [-0.2, 0) is 10.0 Å². The lowest BCUT2D eigenvalue weighted by Crippen LogP contribution is -2.33. The van der Waals surface area contributed by atoms with Gasteiger partial charge in [0.15, 0.2) is 11.5 Å². The molecule has 7 nitrogen and oxygen atoms in total.